The summed E-state index contributed by atoms with van der Waals surface area (Å²) in [6.45, 7) is 0. The summed E-state index contributed by atoms with van der Waals surface area (Å²) in [5, 5.41) is 7.02. The number of nitrogens with zero attached hydrogens (tertiary/aromatic N) is 2. The minimum atomic E-state index is -2.19. The van der Waals surface area contributed by atoms with Crippen molar-refractivity contribution in [2.45, 2.75) is 19.6 Å². The van der Waals surface area contributed by atoms with E-state index in [0.717, 1.165) is 77.6 Å². The Bertz CT molecular complexity index is 4870. The molecule has 3 heterocycles. The molecule has 0 N–H and O–H groups in total. The van der Waals surface area contributed by atoms with Gasteiger partial charge in [-0.2, -0.15) is 0 Å². The number of hydrogen-bond acceptors (Lipinski definition) is 1. The monoisotopic (exact) mass is 1050 g/mol. The van der Waals surface area contributed by atoms with E-state index in [1.54, 1.807) is 0 Å². The van der Waals surface area contributed by atoms with E-state index in [-0.39, 0.29) is 0 Å². The zero-order valence-electron chi connectivity index (χ0n) is 46.0. The molecule has 0 spiro atoms. The molecule has 378 valence electrons. The first-order valence-corrected chi connectivity index (χ1v) is 29.7. The fourth-order valence-electron chi connectivity index (χ4n) is 13.4. The third kappa shape index (κ3) is 7.38. The summed E-state index contributed by atoms with van der Waals surface area (Å²) >= 11 is 0. The van der Waals surface area contributed by atoms with Crippen LogP contribution in [0.1, 0.15) is 0 Å². The van der Waals surface area contributed by atoms with Gasteiger partial charge in [0.1, 0.15) is 50.4 Å². The second-order valence-corrected chi connectivity index (χ2v) is 24.7. The highest BCUT2D eigenvalue weighted by Crippen LogP contribution is 2.73. The minimum absolute atomic E-state index is 0.893. The molecule has 81 heavy (non-hydrogen) atoms. The number of fused-ring (bicyclic) bond motifs is 9. The van der Waals surface area contributed by atoms with Gasteiger partial charge in [0, 0.05) is 74.9 Å². The Morgan fingerprint density at radius 1 is 0.309 bits per heavy atom. The predicted molar refractivity (Wildman–Crippen MR) is 360 cm³/mol. The first kappa shape index (κ1) is 48.8. The number of rotatable bonds is 9. The van der Waals surface area contributed by atoms with E-state index < -0.39 is 10.0 Å². The third-order valence-electron chi connectivity index (χ3n) is 17.6. The molecular formula is C72H53B5N2OS. The van der Waals surface area contributed by atoms with Crippen LogP contribution in [0.5, 0.6) is 0 Å². The van der Waals surface area contributed by atoms with Crippen LogP contribution in [0.4, 0.5) is 0 Å². The van der Waals surface area contributed by atoms with Crippen molar-refractivity contribution in [1.82, 2.24) is 9.13 Å². The minimum Gasteiger partial charge on any atom is -0.455 e. The molecule has 0 amide bonds. The molecule has 12 aromatic carbocycles. The zero-order valence-corrected chi connectivity index (χ0v) is 46.9. The van der Waals surface area contributed by atoms with Crippen molar-refractivity contribution in [2.75, 3.05) is 0 Å². The second kappa shape index (κ2) is 19.2. The maximum absolute atomic E-state index is 6.75. The lowest BCUT2D eigenvalue weighted by atomic mass is 9.62. The largest absolute Gasteiger partial charge is 0.455 e. The Labute approximate surface area is 477 Å². The molecule has 0 fully saturated rings. The summed E-state index contributed by atoms with van der Waals surface area (Å²) in [5.41, 5.74) is 22.2. The van der Waals surface area contributed by atoms with Crippen LogP contribution in [0.2, 0.25) is 0 Å². The van der Waals surface area contributed by atoms with Crippen molar-refractivity contribution >= 4 is 142 Å². The summed E-state index contributed by atoms with van der Waals surface area (Å²) in [6.07, 6.45) is 0. The van der Waals surface area contributed by atoms with Crippen LogP contribution in [-0.4, -0.2) is 48.4 Å². The van der Waals surface area contributed by atoms with Crippen molar-refractivity contribution in [3.63, 3.8) is 0 Å². The molecule has 0 bridgehead atoms. The first-order chi connectivity index (χ1) is 39.8. The summed E-state index contributed by atoms with van der Waals surface area (Å²) in [4.78, 5) is 5.32. The van der Waals surface area contributed by atoms with E-state index in [1.165, 1.54) is 79.6 Å². The standard InChI is InChI=1S/C72H53B5N2OS/c73-64-65(74)67(76)72(68(77)66(64)75)81(47-25-9-3-10-26-47,48-27-11-4-12-28-48)49-42-57(44-21-5-1-6-22-44)70(58(43-49)45-23-7-2-8-24-45)79-61-37-17-14-30-51(61)59-41-46(39-40-62(59)79)78-60-36-16-13-29-50(60)53-32-19-33-54(69(53)78)56-35-20-34-55-52-31-15-18-38-63(52)80-71(55)56/h1-43H,73-77H2. The van der Waals surface area contributed by atoms with Crippen LogP contribution in [-0.2, 0) is 0 Å². The highest BCUT2D eigenvalue weighted by atomic mass is 32.3. The molecule has 0 atom stereocenters. The van der Waals surface area contributed by atoms with Gasteiger partial charge in [-0.1, -0.05) is 199 Å². The van der Waals surface area contributed by atoms with Gasteiger partial charge in [0.2, 0.25) is 0 Å². The van der Waals surface area contributed by atoms with Crippen molar-refractivity contribution in [3.05, 3.63) is 261 Å². The van der Waals surface area contributed by atoms with E-state index in [9.17, 15) is 0 Å². The first-order valence-electron chi connectivity index (χ1n) is 28.1. The van der Waals surface area contributed by atoms with Gasteiger partial charge in [0.05, 0.1) is 27.8 Å². The maximum Gasteiger partial charge on any atom is 0.143 e. The fourth-order valence-corrected chi connectivity index (χ4v) is 17.9. The summed E-state index contributed by atoms with van der Waals surface area (Å²) < 4.78 is 11.8. The Morgan fingerprint density at radius 3 is 1.37 bits per heavy atom. The average molecular weight is 1050 g/mol. The number of hydrogen-bond donors (Lipinski definition) is 0. The van der Waals surface area contributed by atoms with E-state index >= 15 is 0 Å². The molecule has 0 saturated heterocycles. The molecule has 0 unspecified atom stereocenters. The lowest BCUT2D eigenvalue weighted by Gasteiger charge is -2.46. The number of aromatic nitrogens is 2. The fraction of sp³-hybridized carbons (Fsp3) is 0. The molecule has 3 nitrogen and oxygen atoms in total. The summed E-state index contributed by atoms with van der Waals surface area (Å²) in [6, 6.07) is 96.9. The van der Waals surface area contributed by atoms with E-state index in [1.807, 2.05) is 0 Å². The average Bonchev–Trinajstić information content (AvgIpc) is 4.33. The molecule has 0 saturated carbocycles. The highest BCUT2D eigenvalue weighted by Gasteiger charge is 2.38. The second-order valence-electron chi connectivity index (χ2n) is 21.7. The Hall–Kier alpha value is -9.29. The van der Waals surface area contributed by atoms with Crippen molar-refractivity contribution in [3.8, 4) is 44.8 Å². The Balaban J connectivity index is 1.05. The quantitative estimate of drug-likeness (QED) is 0.132. The van der Waals surface area contributed by atoms with Gasteiger partial charge in [0.15, 0.2) is 0 Å². The molecule has 0 aliphatic heterocycles. The predicted octanol–water partition coefficient (Wildman–Crippen LogP) is 11.4. The molecule has 0 aliphatic carbocycles. The van der Waals surface area contributed by atoms with Crippen LogP contribution < -0.4 is 27.3 Å². The number of benzene rings is 12. The van der Waals surface area contributed by atoms with Crippen LogP contribution in [0.15, 0.2) is 285 Å². The van der Waals surface area contributed by atoms with E-state index in [2.05, 4.69) is 309 Å². The van der Waals surface area contributed by atoms with Gasteiger partial charge in [-0.25, -0.2) is 0 Å². The van der Waals surface area contributed by atoms with Crippen molar-refractivity contribution in [2.24, 2.45) is 0 Å². The van der Waals surface area contributed by atoms with Gasteiger partial charge >= 0.3 is 0 Å². The number of para-hydroxylation sites is 5. The van der Waals surface area contributed by atoms with Gasteiger partial charge in [-0.3, -0.25) is 0 Å². The smallest absolute Gasteiger partial charge is 0.143 e. The molecule has 15 rings (SSSR count). The maximum atomic E-state index is 6.75. The van der Waals surface area contributed by atoms with E-state index in [0.29, 0.717) is 0 Å². The van der Waals surface area contributed by atoms with Crippen LogP contribution in [0.25, 0.3) is 110 Å². The van der Waals surface area contributed by atoms with Gasteiger partial charge < -0.3 is 13.6 Å². The SMILES string of the molecule is Bc1c(B)c(B)c(S(c2ccccc2)(c2ccccc2)c2cc(-c3ccccc3)c(-n3c4ccccc4c4cc(-n5c6ccccc6c6cccc(-c7cccc8c7oc7ccccc78)c65)ccc43)c(-c3ccccc3)c2)c(B)c1B. The lowest BCUT2D eigenvalue weighted by molar-refractivity contribution is 0.670. The normalized spacial score (nSPS) is 12.1. The van der Waals surface area contributed by atoms with Crippen LogP contribution >= 0.6 is 10.0 Å². The highest BCUT2D eigenvalue weighted by molar-refractivity contribution is 8.34. The van der Waals surface area contributed by atoms with Gasteiger partial charge in [0.25, 0.3) is 0 Å². The molecular weight excluding hydrogens is 995 g/mol. The van der Waals surface area contributed by atoms with Crippen molar-refractivity contribution in [1.29, 1.82) is 0 Å². The third-order valence-corrected chi connectivity index (χ3v) is 21.7. The molecule has 15 aromatic rings. The lowest BCUT2D eigenvalue weighted by Crippen LogP contribution is -2.56. The van der Waals surface area contributed by atoms with E-state index in [4.69, 9.17) is 4.42 Å². The van der Waals surface area contributed by atoms with Crippen LogP contribution in [0.3, 0.4) is 0 Å². The Morgan fingerprint density at radius 2 is 0.765 bits per heavy atom. The Kier molecular flexibility index (Phi) is 11.6. The van der Waals surface area contributed by atoms with Crippen molar-refractivity contribution < 1.29 is 4.42 Å². The number of furan rings is 1. The van der Waals surface area contributed by atoms with Gasteiger partial charge in [-0.15, -0.1) is 26.4 Å². The molecule has 0 aliphatic rings. The molecule has 3 aromatic heterocycles. The van der Waals surface area contributed by atoms with Gasteiger partial charge in [-0.05, 0) is 88.8 Å². The molecule has 9 heteroatoms. The van der Waals surface area contributed by atoms with Crippen LogP contribution in [0, 0.1) is 0 Å². The topological polar surface area (TPSA) is 23.0 Å². The summed E-state index contributed by atoms with van der Waals surface area (Å²) in [5.74, 6) is 0. The molecule has 0 radical (unpaired) electrons. The summed E-state index contributed by atoms with van der Waals surface area (Å²) in [7, 11) is 9.49. The zero-order chi connectivity index (χ0) is 54.5.